The highest BCUT2D eigenvalue weighted by Gasteiger charge is 2.15. The summed E-state index contributed by atoms with van der Waals surface area (Å²) in [4.78, 5) is 36.3. The van der Waals surface area contributed by atoms with Gasteiger partial charge in [0.05, 0.1) is 6.42 Å². The second-order valence-corrected chi connectivity index (χ2v) is 4.71. The number of carboxylic acids is 1. The zero-order valence-electron chi connectivity index (χ0n) is 9.47. The molecular weight excluding hydrogens is 246 g/mol. The van der Waals surface area contributed by atoms with Gasteiger partial charge in [-0.15, -0.1) is 0 Å². The Balaban J connectivity index is 2.94. The highest BCUT2D eigenvalue weighted by Crippen LogP contribution is 2.24. The van der Waals surface area contributed by atoms with Gasteiger partial charge >= 0.3 is 17.1 Å². The Morgan fingerprint density at radius 1 is 1.59 bits per heavy atom. The third-order valence-electron chi connectivity index (χ3n) is 2.08. The van der Waals surface area contributed by atoms with E-state index in [1.807, 2.05) is 6.92 Å². The second kappa shape index (κ2) is 5.67. The number of nitrogens with one attached hydrogen (secondary N) is 1. The van der Waals surface area contributed by atoms with E-state index in [9.17, 15) is 14.4 Å². The molecule has 8 heteroatoms. The van der Waals surface area contributed by atoms with E-state index in [4.69, 9.17) is 5.11 Å². The highest BCUT2D eigenvalue weighted by atomic mass is 32.2. The first-order valence-electron chi connectivity index (χ1n) is 4.99. The zero-order chi connectivity index (χ0) is 13.0. The zero-order valence-corrected chi connectivity index (χ0v) is 10.3. The fourth-order valence-corrected chi connectivity index (χ4v) is 2.21. The third kappa shape index (κ3) is 3.74. The highest BCUT2D eigenvalue weighted by molar-refractivity contribution is 7.99. The van der Waals surface area contributed by atoms with Crippen LogP contribution in [0.4, 0.5) is 0 Å². The maximum absolute atomic E-state index is 11.1. The number of rotatable bonds is 5. The summed E-state index contributed by atoms with van der Waals surface area (Å²) in [6, 6.07) is 0. The molecule has 1 aromatic heterocycles. The molecule has 17 heavy (non-hydrogen) atoms. The Labute approximate surface area is 101 Å². The van der Waals surface area contributed by atoms with Crippen molar-refractivity contribution >= 4 is 17.7 Å². The number of aromatic nitrogens is 3. The molecule has 0 radical (unpaired) electrons. The summed E-state index contributed by atoms with van der Waals surface area (Å²) >= 11 is 1.17. The van der Waals surface area contributed by atoms with Crippen molar-refractivity contribution in [3.05, 3.63) is 20.7 Å². The molecule has 2 N–H and O–H groups in total. The molecule has 0 bridgehead atoms. The average molecular weight is 259 g/mol. The van der Waals surface area contributed by atoms with Gasteiger partial charge in [-0.3, -0.25) is 24.2 Å². The number of H-pyrrole nitrogens is 1. The summed E-state index contributed by atoms with van der Waals surface area (Å²) in [6.07, 6.45) is 0.613. The van der Waals surface area contributed by atoms with E-state index in [1.165, 1.54) is 16.4 Å². The topological polar surface area (TPSA) is 105 Å². The lowest BCUT2D eigenvalue weighted by Crippen LogP contribution is -2.34. The number of aromatic amines is 1. The van der Waals surface area contributed by atoms with Crippen molar-refractivity contribution in [3.8, 4) is 0 Å². The SMILES string of the molecule is CCC(CC(=O)O)Sc1nc(=O)c(=O)[nH]n1C. The minimum Gasteiger partial charge on any atom is -0.481 e. The van der Waals surface area contributed by atoms with Gasteiger partial charge in [0.1, 0.15) is 0 Å². The lowest BCUT2D eigenvalue weighted by atomic mass is 10.2. The summed E-state index contributed by atoms with van der Waals surface area (Å²) in [5, 5.41) is 11.1. The minimum atomic E-state index is -0.904. The normalized spacial score (nSPS) is 12.4. The van der Waals surface area contributed by atoms with Gasteiger partial charge in [0.2, 0.25) is 0 Å². The average Bonchev–Trinajstić information content (AvgIpc) is 2.24. The van der Waals surface area contributed by atoms with Crippen LogP contribution in [0.5, 0.6) is 0 Å². The Morgan fingerprint density at radius 2 is 2.24 bits per heavy atom. The van der Waals surface area contributed by atoms with Crippen molar-refractivity contribution in [2.75, 3.05) is 0 Å². The van der Waals surface area contributed by atoms with Crippen LogP contribution >= 0.6 is 11.8 Å². The van der Waals surface area contributed by atoms with Crippen LogP contribution in [0.3, 0.4) is 0 Å². The molecule has 7 nitrogen and oxygen atoms in total. The van der Waals surface area contributed by atoms with Crippen molar-refractivity contribution < 1.29 is 9.90 Å². The first-order valence-corrected chi connectivity index (χ1v) is 5.87. The summed E-state index contributed by atoms with van der Waals surface area (Å²) in [5.74, 6) is -0.904. The summed E-state index contributed by atoms with van der Waals surface area (Å²) in [7, 11) is 1.55. The minimum absolute atomic E-state index is 0.0177. The molecule has 1 atom stereocenters. The molecule has 94 valence electrons. The van der Waals surface area contributed by atoms with Gasteiger partial charge < -0.3 is 5.11 Å². The summed E-state index contributed by atoms with van der Waals surface area (Å²) in [6.45, 7) is 1.85. The van der Waals surface area contributed by atoms with E-state index in [2.05, 4.69) is 10.1 Å². The number of carboxylic acid groups (broad SMARTS) is 1. The van der Waals surface area contributed by atoms with Crippen LogP contribution in [0.2, 0.25) is 0 Å². The van der Waals surface area contributed by atoms with E-state index in [0.717, 1.165) is 0 Å². The Morgan fingerprint density at radius 3 is 2.76 bits per heavy atom. The van der Waals surface area contributed by atoms with Crippen molar-refractivity contribution in [2.24, 2.45) is 7.05 Å². The van der Waals surface area contributed by atoms with E-state index in [-0.39, 0.29) is 11.7 Å². The van der Waals surface area contributed by atoms with Crippen LogP contribution < -0.4 is 11.1 Å². The molecule has 0 aliphatic rings. The van der Waals surface area contributed by atoms with Crippen LogP contribution in [-0.2, 0) is 11.8 Å². The van der Waals surface area contributed by atoms with Crippen molar-refractivity contribution in [3.63, 3.8) is 0 Å². The molecule has 0 aliphatic heterocycles. The Bertz CT molecular complexity index is 522. The van der Waals surface area contributed by atoms with E-state index in [1.54, 1.807) is 7.05 Å². The summed E-state index contributed by atoms with van der Waals surface area (Å²) < 4.78 is 1.32. The number of hydrogen-bond donors (Lipinski definition) is 2. The molecule has 1 unspecified atom stereocenters. The molecule has 0 aromatic carbocycles. The molecule has 1 aromatic rings. The lowest BCUT2D eigenvalue weighted by Gasteiger charge is -2.12. The maximum atomic E-state index is 11.1. The van der Waals surface area contributed by atoms with Gasteiger partial charge in [0.15, 0.2) is 5.16 Å². The first-order chi connectivity index (χ1) is 7.93. The Hall–Kier alpha value is -1.57. The Kier molecular flexibility index (Phi) is 4.50. The van der Waals surface area contributed by atoms with Gasteiger partial charge in [-0.25, -0.2) is 0 Å². The predicted octanol–water partition coefficient (Wildman–Crippen LogP) is -0.186. The standard InChI is InChI=1S/C9H13N3O4S/c1-3-5(4-6(13)14)17-9-10-7(15)8(16)11-12(9)2/h5H,3-4H2,1-2H3,(H,11,16)(H,13,14). The van der Waals surface area contributed by atoms with Crippen LogP contribution in [0.25, 0.3) is 0 Å². The van der Waals surface area contributed by atoms with Gasteiger partial charge in [-0.1, -0.05) is 18.7 Å². The molecule has 0 saturated heterocycles. The molecule has 0 saturated carbocycles. The van der Waals surface area contributed by atoms with Crippen molar-refractivity contribution in [1.29, 1.82) is 0 Å². The quantitative estimate of drug-likeness (QED) is 0.561. The number of hydrogen-bond acceptors (Lipinski definition) is 5. The van der Waals surface area contributed by atoms with Crippen LogP contribution in [0, 0.1) is 0 Å². The van der Waals surface area contributed by atoms with Crippen LogP contribution in [0.15, 0.2) is 14.7 Å². The molecule has 1 rings (SSSR count). The third-order valence-corrected chi connectivity index (χ3v) is 3.49. The van der Waals surface area contributed by atoms with Crippen LogP contribution in [-0.4, -0.2) is 31.1 Å². The van der Waals surface area contributed by atoms with Crippen LogP contribution in [0.1, 0.15) is 19.8 Å². The first kappa shape index (κ1) is 13.5. The number of nitrogens with zero attached hydrogens (tertiary/aromatic N) is 2. The fraction of sp³-hybridized carbons (Fsp3) is 0.556. The maximum Gasteiger partial charge on any atom is 0.339 e. The van der Waals surface area contributed by atoms with E-state index >= 15 is 0 Å². The number of aliphatic carboxylic acids is 1. The van der Waals surface area contributed by atoms with Gasteiger partial charge in [-0.2, -0.15) is 4.98 Å². The molecular formula is C9H13N3O4S. The van der Waals surface area contributed by atoms with E-state index in [0.29, 0.717) is 11.6 Å². The molecule has 0 aliphatic carbocycles. The second-order valence-electron chi connectivity index (χ2n) is 3.45. The molecule has 0 amide bonds. The number of carbonyl (C=O) groups is 1. The van der Waals surface area contributed by atoms with Crippen molar-refractivity contribution in [1.82, 2.24) is 14.8 Å². The molecule has 0 spiro atoms. The predicted molar refractivity (Wildman–Crippen MR) is 62.3 cm³/mol. The smallest absolute Gasteiger partial charge is 0.339 e. The molecule has 1 heterocycles. The monoisotopic (exact) mass is 259 g/mol. The molecule has 0 fully saturated rings. The number of thioether (sulfide) groups is 1. The fourth-order valence-electron chi connectivity index (χ4n) is 1.18. The van der Waals surface area contributed by atoms with Gasteiger partial charge in [0, 0.05) is 12.3 Å². The van der Waals surface area contributed by atoms with Gasteiger partial charge in [-0.05, 0) is 6.42 Å². The number of aryl methyl sites for hydroxylation is 1. The van der Waals surface area contributed by atoms with Gasteiger partial charge in [0.25, 0.3) is 0 Å². The van der Waals surface area contributed by atoms with Crippen molar-refractivity contribution in [2.45, 2.75) is 30.2 Å². The lowest BCUT2D eigenvalue weighted by molar-refractivity contribution is -0.136. The largest absolute Gasteiger partial charge is 0.481 e. The van der Waals surface area contributed by atoms with E-state index < -0.39 is 17.1 Å². The summed E-state index contributed by atoms with van der Waals surface area (Å²) in [5.41, 5.74) is -1.65.